The lowest BCUT2D eigenvalue weighted by molar-refractivity contribution is -0.145. The first-order valence-electron chi connectivity index (χ1n) is 10.1. The zero-order valence-electron chi connectivity index (χ0n) is 17.4. The lowest BCUT2D eigenvalue weighted by Crippen LogP contribution is -2.45. The summed E-state index contributed by atoms with van der Waals surface area (Å²) >= 11 is 0. The van der Waals surface area contributed by atoms with E-state index in [4.69, 9.17) is 4.74 Å². The van der Waals surface area contributed by atoms with Crippen LogP contribution in [-0.2, 0) is 17.9 Å². The Morgan fingerprint density at radius 2 is 1.86 bits per heavy atom. The fourth-order valence-corrected chi connectivity index (χ4v) is 4.32. The number of nitrogens with zero attached hydrogens (tertiary/aromatic N) is 1. The van der Waals surface area contributed by atoms with Gasteiger partial charge in [0.05, 0.1) is 5.92 Å². The van der Waals surface area contributed by atoms with E-state index < -0.39 is 5.97 Å². The highest BCUT2D eigenvalue weighted by atomic mass is 16.5. The van der Waals surface area contributed by atoms with Crippen LogP contribution in [0, 0.1) is 26.7 Å². The van der Waals surface area contributed by atoms with Gasteiger partial charge >= 0.3 is 5.97 Å². The van der Waals surface area contributed by atoms with Crippen LogP contribution in [0.15, 0.2) is 36.4 Å². The van der Waals surface area contributed by atoms with E-state index in [1.165, 1.54) is 16.7 Å². The van der Waals surface area contributed by atoms with Crippen LogP contribution >= 0.6 is 0 Å². The predicted molar refractivity (Wildman–Crippen MR) is 112 cm³/mol. The Kier molecular flexibility index (Phi) is 6.40. The Bertz CT molecular complexity index is 822. The third kappa shape index (κ3) is 4.74. The molecule has 4 nitrogen and oxygen atoms in total. The number of aliphatic carboxylic acids is 1. The molecule has 2 aromatic carbocycles. The van der Waals surface area contributed by atoms with Gasteiger partial charge in [-0.1, -0.05) is 42.0 Å². The molecule has 0 amide bonds. The minimum atomic E-state index is -0.676. The van der Waals surface area contributed by atoms with Crippen molar-refractivity contribution in [2.45, 2.75) is 59.7 Å². The van der Waals surface area contributed by atoms with Gasteiger partial charge in [-0.2, -0.15) is 0 Å². The van der Waals surface area contributed by atoms with Crippen LogP contribution < -0.4 is 4.74 Å². The van der Waals surface area contributed by atoms with Crippen molar-refractivity contribution in [2.24, 2.45) is 5.92 Å². The van der Waals surface area contributed by atoms with Crippen molar-refractivity contribution in [3.8, 4) is 5.75 Å². The summed E-state index contributed by atoms with van der Waals surface area (Å²) in [5.74, 6) is -0.00213. The van der Waals surface area contributed by atoms with Gasteiger partial charge in [0, 0.05) is 12.6 Å². The first-order chi connectivity index (χ1) is 13.3. The Labute approximate surface area is 168 Å². The molecule has 0 radical (unpaired) electrons. The lowest BCUT2D eigenvalue weighted by Gasteiger charge is -2.37. The second kappa shape index (κ2) is 8.78. The summed E-state index contributed by atoms with van der Waals surface area (Å²) in [6.07, 6.45) is 1.72. The first kappa shape index (κ1) is 20.4. The van der Waals surface area contributed by atoms with Crippen molar-refractivity contribution in [3.05, 3.63) is 64.2 Å². The molecule has 3 rings (SSSR count). The van der Waals surface area contributed by atoms with E-state index in [9.17, 15) is 9.90 Å². The van der Waals surface area contributed by atoms with Gasteiger partial charge in [0.25, 0.3) is 0 Å². The molecule has 0 aromatic heterocycles. The smallest absolute Gasteiger partial charge is 0.308 e. The van der Waals surface area contributed by atoms with Gasteiger partial charge < -0.3 is 9.84 Å². The first-order valence-corrected chi connectivity index (χ1v) is 10.1. The van der Waals surface area contributed by atoms with E-state index in [2.05, 4.69) is 62.1 Å². The summed E-state index contributed by atoms with van der Waals surface area (Å²) in [5, 5.41) is 9.44. The molecule has 1 aliphatic rings. The fourth-order valence-electron chi connectivity index (χ4n) is 4.32. The van der Waals surface area contributed by atoms with Gasteiger partial charge in [0.2, 0.25) is 0 Å². The average molecular weight is 382 g/mol. The number of hydrogen-bond donors (Lipinski definition) is 1. The highest BCUT2D eigenvalue weighted by Gasteiger charge is 2.32. The van der Waals surface area contributed by atoms with Crippen LogP contribution in [0.1, 0.15) is 47.6 Å². The molecule has 0 saturated carbocycles. The van der Waals surface area contributed by atoms with Crippen molar-refractivity contribution in [3.63, 3.8) is 0 Å². The van der Waals surface area contributed by atoms with Crippen LogP contribution in [0.25, 0.3) is 0 Å². The molecule has 0 aliphatic carbocycles. The molecule has 0 spiro atoms. The number of carboxylic acid groups (broad SMARTS) is 1. The molecule has 1 aliphatic heterocycles. The molecule has 1 fully saturated rings. The molecular formula is C24H31NO3. The molecular weight excluding hydrogens is 350 g/mol. The van der Waals surface area contributed by atoms with Gasteiger partial charge in [-0.25, -0.2) is 0 Å². The summed E-state index contributed by atoms with van der Waals surface area (Å²) < 4.78 is 6.13. The highest BCUT2D eigenvalue weighted by molar-refractivity contribution is 5.71. The monoisotopic (exact) mass is 381 g/mol. The summed E-state index contributed by atoms with van der Waals surface area (Å²) in [6.45, 7) is 10.6. The van der Waals surface area contributed by atoms with Gasteiger partial charge in [-0.05, 0) is 69.3 Å². The summed E-state index contributed by atoms with van der Waals surface area (Å²) in [4.78, 5) is 13.8. The number of likely N-dealkylation sites (tertiary alicyclic amines) is 1. The molecule has 0 bridgehead atoms. The lowest BCUT2D eigenvalue weighted by atomic mass is 9.90. The molecule has 1 N–H and O–H groups in total. The van der Waals surface area contributed by atoms with Crippen molar-refractivity contribution >= 4 is 5.97 Å². The van der Waals surface area contributed by atoms with Crippen LogP contribution in [0.4, 0.5) is 0 Å². The summed E-state index contributed by atoms with van der Waals surface area (Å²) in [6, 6.07) is 12.8. The maximum Gasteiger partial charge on any atom is 0.308 e. The predicted octanol–water partition coefficient (Wildman–Crippen LogP) is 4.88. The van der Waals surface area contributed by atoms with E-state index in [1.54, 1.807) is 0 Å². The summed E-state index contributed by atoms with van der Waals surface area (Å²) in [5.41, 5.74) is 5.88. The van der Waals surface area contributed by atoms with Crippen LogP contribution in [0.5, 0.6) is 5.75 Å². The maximum absolute atomic E-state index is 11.5. The maximum atomic E-state index is 11.5. The molecule has 2 atom stereocenters. The minimum absolute atomic E-state index is 0.0594. The second-order valence-corrected chi connectivity index (χ2v) is 8.13. The Hall–Kier alpha value is -2.33. The zero-order valence-corrected chi connectivity index (χ0v) is 17.4. The number of hydrogen-bond acceptors (Lipinski definition) is 3. The van der Waals surface area contributed by atoms with E-state index >= 15 is 0 Å². The standard InChI is InChI=1S/C24H31NO3/c1-16-7-5-8-20(11-16)15-28-23-17(2)12-21(13-18(23)3)14-25-10-6-9-22(19(25)4)24(26)27/h5,7-8,11-13,19,22H,6,9-10,14-15H2,1-4H3,(H,26,27)/t19-,22-/m1/s1. The quantitative estimate of drug-likeness (QED) is 0.775. The second-order valence-electron chi connectivity index (χ2n) is 8.13. The topological polar surface area (TPSA) is 49.8 Å². The third-order valence-corrected chi connectivity index (χ3v) is 5.81. The zero-order chi connectivity index (χ0) is 20.3. The SMILES string of the molecule is Cc1cccc(COc2c(C)cc(CN3CCC[C@@H](C(=O)O)[C@H]3C)cc2C)c1. The van der Waals surface area contributed by atoms with Crippen LogP contribution in [0.2, 0.25) is 0 Å². The normalized spacial score (nSPS) is 20.1. The third-order valence-electron chi connectivity index (χ3n) is 5.81. The summed E-state index contributed by atoms with van der Waals surface area (Å²) in [7, 11) is 0. The number of aryl methyl sites for hydroxylation is 3. The Morgan fingerprint density at radius 1 is 1.14 bits per heavy atom. The van der Waals surface area contributed by atoms with Crippen molar-refractivity contribution in [1.82, 2.24) is 4.90 Å². The van der Waals surface area contributed by atoms with Crippen molar-refractivity contribution in [1.29, 1.82) is 0 Å². The number of carbonyl (C=O) groups is 1. The molecule has 2 aromatic rings. The Balaban J connectivity index is 1.70. The fraction of sp³-hybridized carbons (Fsp3) is 0.458. The van der Waals surface area contributed by atoms with Crippen LogP contribution in [0.3, 0.4) is 0 Å². The average Bonchev–Trinajstić information content (AvgIpc) is 2.62. The molecule has 0 unspecified atom stereocenters. The molecule has 4 heteroatoms. The largest absolute Gasteiger partial charge is 0.488 e. The van der Waals surface area contributed by atoms with E-state index in [0.29, 0.717) is 6.61 Å². The Morgan fingerprint density at radius 3 is 2.50 bits per heavy atom. The minimum Gasteiger partial charge on any atom is -0.488 e. The van der Waals surface area contributed by atoms with E-state index in [1.807, 2.05) is 6.92 Å². The van der Waals surface area contributed by atoms with Crippen LogP contribution in [-0.4, -0.2) is 28.6 Å². The molecule has 1 heterocycles. The van der Waals surface area contributed by atoms with E-state index in [-0.39, 0.29) is 12.0 Å². The van der Waals surface area contributed by atoms with Gasteiger partial charge in [0.15, 0.2) is 0 Å². The van der Waals surface area contributed by atoms with Crippen molar-refractivity contribution < 1.29 is 14.6 Å². The highest BCUT2D eigenvalue weighted by Crippen LogP contribution is 2.29. The van der Waals surface area contributed by atoms with Gasteiger partial charge in [-0.3, -0.25) is 9.69 Å². The van der Waals surface area contributed by atoms with Crippen molar-refractivity contribution in [2.75, 3.05) is 6.54 Å². The number of carboxylic acids is 1. The molecule has 28 heavy (non-hydrogen) atoms. The molecule has 150 valence electrons. The van der Waals surface area contributed by atoms with E-state index in [0.717, 1.165) is 42.8 Å². The molecule has 1 saturated heterocycles. The number of ether oxygens (including phenoxy) is 1. The number of rotatable bonds is 6. The van der Waals surface area contributed by atoms with Gasteiger partial charge in [0.1, 0.15) is 12.4 Å². The number of benzene rings is 2. The number of piperidine rings is 1. The van der Waals surface area contributed by atoms with Gasteiger partial charge in [-0.15, -0.1) is 0 Å².